The normalized spacial score (nSPS) is 16.1. The fourth-order valence-corrected chi connectivity index (χ4v) is 2.53. The molecule has 0 atom stereocenters. The third kappa shape index (κ3) is 8.92. The minimum Gasteiger partial charge on any atom is -0.378 e. The number of hydrogen-bond donors (Lipinski definition) is 0. The summed E-state index contributed by atoms with van der Waals surface area (Å²) in [6, 6.07) is 0. The van der Waals surface area contributed by atoms with Crippen LogP contribution in [0.15, 0.2) is 12.2 Å². The quantitative estimate of drug-likeness (QED) is 0.160. The third-order valence-corrected chi connectivity index (χ3v) is 4.15. The average Bonchev–Trinajstić information content (AvgIpc) is 3.24. The summed E-state index contributed by atoms with van der Waals surface area (Å²) < 4.78 is 21.2. The number of Topliss-reactive ketones (excluding diaryl/α,β-unsaturated/α-hetero) is 1. The molecule has 0 aliphatic carbocycles. The molecule has 1 saturated heterocycles. The highest BCUT2D eigenvalue weighted by Gasteiger charge is 2.32. The van der Waals surface area contributed by atoms with Gasteiger partial charge in [-0.15, -0.1) is 0 Å². The van der Waals surface area contributed by atoms with Crippen molar-refractivity contribution >= 4 is 29.5 Å². The van der Waals surface area contributed by atoms with Crippen LogP contribution in [0.2, 0.25) is 0 Å². The average molecular weight is 442 g/mol. The van der Waals surface area contributed by atoms with Gasteiger partial charge in [-0.2, -0.15) is 5.06 Å². The van der Waals surface area contributed by atoms with Gasteiger partial charge >= 0.3 is 11.9 Å². The first kappa shape index (κ1) is 24.6. The van der Waals surface area contributed by atoms with E-state index in [4.69, 9.17) is 23.8 Å². The van der Waals surface area contributed by atoms with Crippen LogP contribution >= 0.6 is 0 Å². The Labute approximate surface area is 178 Å². The number of nitrogens with zero attached hydrogens (tertiary/aromatic N) is 2. The molecule has 0 aromatic carbocycles. The van der Waals surface area contributed by atoms with Gasteiger partial charge in [-0.3, -0.25) is 24.1 Å². The molecule has 2 aliphatic heterocycles. The van der Waals surface area contributed by atoms with Crippen LogP contribution in [-0.4, -0.2) is 105 Å². The zero-order valence-corrected chi connectivity index (χ0v) is 17.1. The molecule has 0 spiro atoms. The van der Waals surface area contributed by atoms with E-state index in [2.05, 4.69) is 0 Å². The van der Waals surface area contributed by atoms with E-state index in [9.17, 15) is 24.0 Å². The fourth-order valence-electron chi connectivity index (χ4n) is 2.53. The van der Waals surface area contributed by atoms with Gasteiger partial charge in [0.15, 0.2) is 0 Å². The minimum atomic E-state index is -0.802. The van der Waals surface area contributed by atoms with Crippen molar-refractivity contribution in [2.45, 2.75) is 12.8 Å². The second-order valence-electron chi connectivity index (χ2n) is 6.40. The van der Waals surface area contributed by atoms with Crippen LogP contribution in [0.3, 0.4) is 0 Å². The number of ketones is 1. The molecular weight excluding hydrogens is 416 g/mol. The van der Waals surface area contributed by atoms with Crippen LogP contribution in [0.25, 0.3) is 0 Å². The Kier molecular flexibility index (Phi) is 10.8. The Morgan fingerprint density at radius 1 is 0.774 bits per heavy atom. The predicted molar refractivity (Wildman–Crippen MR) is 101 cm³/mol. The van der Waals surface area contributed by atoms with Crippen LogP contribution in [-0.2, 0) is 47.8 Å². The van der Waals surface area contributed by atoms with E-state index in [1.165, 1.54) is 12.2 Å². The van der Waals surface area contributed by atoms with Crippen LogP contribution in [0.5, 0.6) is 0 Å². The lowest BCUT2D eigenvalue weighted by atomic mass is 10.3. The van der Waals surface area contributed by atoms with Crippen molar-refractivity contribution in [1.82, 2.24) is 9.96 Å². The Bertz CT molecular complexity index is 675. The summed E-state index contributed by atoms with van der Waals surface area (Å²) >= 11 is 0. The lowest BCUT2D eigenvalue weighted by Crippen LogP contribution is -2.33. The van der Waals surface area contributed by atoms with Crippen LogP contribution in [0.4, 0.5) is 0 Å². The number of carbonyl (C=O) groups is 5. The fraction of sp³-hybridized carbons (Fsp3) is 0.632. The monoisotopic (exact) mass is 442 g/mol. The van der Waals surface area contributed by atoms with E-state index < -0.39 is 17.7 Å². The van der Waals surface area contributed by atoms with E-state index in [1.54, 1.807) is 0 Å². The largest absolute Gasteiger partial charge is 0.378 e. The SMILES string of the molecule is O=C(CCOCCOCCOCCOCCN1C(=O)C=CC1=O)ON1CCC(=O)C1=O. The number of hydrogen-bond acceptors (Lipinski definition) is 10. The number of hydroxylamine groups is 2. The minimum absolute atomic E-state index is 0.0440. The molecule has 0 bridgehead atoms. The van der Waals surface area contributed by atoms with Crippen LogP contribution in [0.1, 0.15) is 12.8 Å². The molecule has 0 unspecified atom stereocenters. The van der Waals surface area contributed by atoms with Gasteiger partial charge in [-0.25, -0.2) is 4.79 Å². The van der Waals surface area contributed by atoms with Gasteiger partial charge in [0.05, 0.1) is 72.4 Å². The molecule has 0 saturated carbocycles. The number of carbonyl (C=O) groups excluding carboxylic acids is 5. The highest BCUT2D eigenvalue weighted by atomic mass is 16.7. The number of imide groups is 1. The maximum absolute atomic E-state index is 11.5. The molecule has 1 fully saturated rings. The van der Waals surface area contributed by atoms with E-state index in [0.29, 0.717) is 33.0 Å². The highest BCUT2D eigenvalue weighted by Crippen LogP contribution is 2.07. The highest BCUT2D eigenvalue weighted by molar-refractivity contribution is 6.37. The standard InChI is InChI=1S/C19H26N2O10/c22-15-3-5-21(19(15)26)31-18(25)4-7-27-9-11-29-13-14-30-12-10-28-8-6-20-16(23)1-2-17(20)24/h1-2H,3-14H2. The lowest BCUT2D eigenvalue weighted by Gasteiger charge is -2.13. The second-order valence-corrected chi connectivity index (χ2v) is 6.40. The van der Waals surface area contributed by atoms with Gasteiger partial charge in [0, 0.05) is 18.6 Å². The summed E-state index contributed by atoms with van der Waals surface area (Å²) in [6.07, 6.45) is 2.47. The Hall–Kier alpha value is -2.67. The van der Waals surface area contributed by atoms with Gasteiger partial charge in [0.2, 0.25) is 5.78 Å². The number of ether oxygens (including phenoxy) is 4. The van der Waals surface area contributed by atoms with Crippen molar-refractivity contribution in [2.24, 2.45) is 0 Å². The topological polar surface area (TPSA) is 138 Å². The first-order valence-electron chi connectivity index (χ1n) is 9.89. The maximum atomic E-state index is 11.5. The summed E-state index contributed by atoms with van der Waals surface area (Å²) in [4.78, 5) is 62.4. The van der Waals surface area contributed by atoms with Gasteiger partial charge < -0.3 is 23.8 Å². The lowest BCUT2D eigenvalue weighted by molar-refractivity contribution is -0.193. The molecule has 12 heteroatoms. The summed E-state index contributed by atoms with van der Waals surface area (Å²) in [7, 11) is 0. The van der Waals surface area contributed by atoms with E-state index in [0.717, 1.165) is 9.96 Å². The van der Waals surface area contributed by atoms with Crippen LogP contribution < -0.4 is 0 Å². The molecule has 2 heterocycles. The molecular formula is C19H26N2O10. The van der Waals surface area contributed by atoms with Crippen molar-refractivity contribution in [3.8, 4) is 0 Å². The summed E-state index contributed by atoms with van der Waals surface area (Å²) in [5.74, 6) is -2.67. The van der Waals surface area contributed by atoms with Gasteiger partial charge in [0.25, 0.3) is 11.8 Å². The van der Waals surface area contributed by atoms with Crippen molar-refractivity contribution in [3.63, 3.8) is 0 Å². The zero-order valence-electron chi connectivity index (χ0n) is 17.1. The van der Waals surface area contributed by atoms with Gasteiger partial charge in [-0.05, 0) is 0 Å². The smallest absolute Gasteiger partial charge is 0.334 e. The van der Waals surface area contributed by atoms with E-state index in [-0.39, 0.29) is 57.6 Å². The molecule has 0 radical (unpaired) electrons. The Balaban J connectivity index is 1.30. The van der Waals surface area contributed by atoms with E-state index >= 15 is 0 Å². The summed E-state index contributed by atoms with van der Waals surface area (Å²) in [6.45, 7) is 2.66. The predicted octanol–water partition coefficient (Wildman–Crippen LogP) is -1.37. The number of amides is 3. The van der Waals surface area contributed by atoms with Gasteiger partial charge in [0.1, 0.15) is 0 Å². The first-order chi connectivity index (χ1) is 15.0. The molecule has 12 nitrogen and oxygen atoms in total. The van der Waals surface area contributed by atoms with Crippen molar-refractivity contribution in [1.29, 1.82) is 0 Å². The van der Waals surface area contributed by atoms with Crippen molar-refractivity contribution in [2.75, 3.05) is 65.9 Å². The molecule has 3 amide bonds. The first-order valence-corrected chi connectivity index (χ1v) is 9.89. The third-order valence-electron chi connectivity index (χ3n) is 4.15. The summed E-state index contributed by atoms with van der Waals surface area (Å²) in [5.41, 5.74) is 0. The maximum Gasteiger partial charge on any atom is 0.334 e. The van der Waals surface area contributed by atoms with Crippen LogP contribution in [0, 0.1) is 0 Å². The Morgan fingerprint density at radius 2 is 1.29 bits per heavy atom. The zero-order chi connectivity index (χ0) is 22.5. The van der Waals surface area contributed by atoms with Crippen molar-refractivity contribution < 1.29 is 47.8 Å². The van der Waals surface area contributed by atoms with Gasteiger partial charge in [-0.1, -0.05) is 0 Å². The number of rotatable bonds is 16. The molecule has 2 aliphatic rings. The molecule has 0 aromatic heterocycles. The summed E-state index contributed by atoms with van der Waals surface area (Å²) in [5, 5.41) is 0.770. The molecule has 31 heavy (non-hydrogen) atoms. The molecule has 0 N–H and O–H groups in total. The second kappa shape index (κ2) is 13.6. The molecule has 172 valence electrons. The Morgan fingerprint density at radius 3 is 1.81 bits per heavy atom. The molecule has 2 rings (SSSR count). The van der Waals surface area contributed by atoms with Crippen molar-refractivity contribution in [3.05, 3.63) is 12.2 Å². The molecule has 0 aromatic rings. The van der Waals surface area contributed by atoms with E-state index in [1.807, 2.05) is 0 Å².